The Balaban J connectivity index is 0.000000138. The fourth-order valence-electron chi connectivity index (χ4n) is 17.8. The molecule has 4 aliphatic carbocycles. The van der Waals surface area contributed by atoms with E-state index < -0.39 is 11.9 Å². The molecule has 120 heavy (non-hydrogen) atoms. The fraction of sp³-hybridized carbons (Fsp3) is 0.273. The van der Waals surface area contributed by atoms with Crippen LogP contribution in [0.5, 0.6) is 34.5 Å². The van der Waals surface area contributed by atoms with Crippen molar-refractivity contribution in [2.75, 3.05) is 42.7 Å². The Bertz CT molecular complexity index is 5640. The second-order valence-electron chi connectivity index (χ2n) is 32.3. The topological polar surface area (TPSA) is 130 Å². The number of ether oxygens (including phenoxy) is 6. The number of methoxy groups -OCH3 is 6. The number of allylic oxidation sites excluding steroid dienone is 5. The lowest BCUT2D eigenvalue weighted by Gasteiger charge is -2.23. The maximum atomic E-state index is 11.1. The molecule has 614 valence electrons. The summed E-state index contributed by atoms with van der Waals surface area (Å²) in [6.45, 7) is 8.49. The van der Waals surface area contributed by atoms with Crippen molar-refractivity contribution in [3.05, 3.63) is 399 Å². The van der Waals surface area contributed by atoms with Crippen LogP contribution in [0.25, 0.3) is 22.8 Å². The van der Waals surface area contributed by atoms with Gasteiger partial charge in [0.05, 0.1) is 53.8 Å². The van der Waals surface area contributed by atoms with E-state index in [0.29, 0.717) is 17.0 Å². The van der Waals surface area contributed by atoms with Gasteiger partial charge in [0.1, 0.15) is 34.5 Å². The molecular formula is C110H114O10. The molecule has 10 heteroatoms. The predicted molar refractivity (Wildman–Crippen MR) is 490 cm³/mol. The van der Waals surface area contributed by atoms with Gasteiger partial charge in [0.15, 0.2) is 0 Å². The number of fused-ring (bicyclic) bond motifs is 4. The van der Waals surface area contributed by atoms with E-state index in [1.165, 1.54) is 153 Å². The van der Waals surface area contributed by atoms with Gasteiger partial charge in [-0.1, -0.05) is 187 Å². The zero-order chi connectivity index (χ0) is 84.0. The molecule has 12 aromatic carbocycles. The van der Waals surface area contributed by atoms with Gasteiger partial charge in [-0.25, -0.2) is 9.59 Å². The van der Waals surface area contributed by atoms with E-state index in [9.17, 15) is 9.59 Å². The first-order chi connectivity index (χ1) is 58.4. The second kappa shape index (κ2) is 41.3. The maximum Gasteiger partial charge on any atom is 0.335 e. The summed E-state index contributed by atoms with van der Waals surface area (Å²) in [7, 11) is 10.3. The highest BCUT2D eigenvalue weighted by atomic mass is 16.5. The molecule has 0 amide bonds. The van der Waals surface area contributed by atoms with Crippen molar-refractivity contribution in [1.29, 1.82) is 0 Å². The van der Waals surface area contributed by atoms with Crippen LogP contribution in [0.15, 0.2) is 255 Å². The Morgan fingerprint density at radius 1 is 0.358 bits per heavy atom. The molecule has 0 aromatic heterocycles. The molecule has 10 nitrogen and oxygen atoms in total. The Hall–Kier alpha value is -12.4. The summed E-state index contributed by atoms with van der Waals surface area (Å²) in [5, 5.41) is 18.2. The smallest absolute Gasteiger partial charge is 0.335 e. The van der Waals surface area contributed by atoms with Crippen LogP contribution in [0.2, 0.25) is 0 Å². The molecule has 0 radical (unpaired) electrons. The fourth-order valence-corrected chi connectivity index (χ4v) is 17.8. The summed E-state index contributed by atoms with van der Waals surface area (Å²) < 4.78 is 33.1. The first-order valence-corrected chi connectivity index (χ1v) is 42.4. The highest BCUT2D eigenvalue weighted by Crippen LogP contribution is 2.43. The predicted octanol–water partition coefficient (Wildman–Crippen LogP) is 24.5. The summed E-state index contributed by atoms with van der Waals surface area (Å²) in [4.78, 5) is 22.2. The monoisotopic (exact) mass is 1590 g/mol. The minimum absolute atomic E-state index is 0.333. The van der Waals surface area contributed by atoms with Crippen molar-refractivity contribution in [1.82, 2.24) is 0 Å². The maximum absolute atomic E-state index is 11.1. The third kappa shape index (κ3) is 22.3. The molecule has 0 heterocycles. The summed E-state index contributed by atoms with van der Waals surface area (Å²) in [6.07, 6.45) is 26.7. The summed E-state index contributed by atoms with van der Waals surface area (Å²) >= 11 is 0. The third-order valence-electron chi connectivity index (χ3n) is 24.0. The minimum Gasteiger partial charge on any atom is -0.497 e. The Labute approximate surface area is 710 Å². The molecule has 12 aromatic rings. The zero-order valence-electron chi connectivity index (χ0n) is 71.5. The van der Waals surface area contributed by atoms with Gasteiger partial charge in [0.2, 0.25) is 0 Å². The standard InChI is InChI=1S/2C28H28O3.C27H30O2.C27H28O2/c2*1-19-15-21(18-26(16-19)31-2)17-25-8-4-6-22-5-3-7-23(27(22)25)12-9-20-10-13-24(14-11-20)28(29)30;2*1-19-7-9-20(10-8-19)11-12-21-5-4-6-22-13-14-23(27(21)22)17-24-18-25(28-2)15-16-26(24)29-3/h3,5,7,10-11,13-18H,4,6,8-9,12H2,1-2H3,(H,29,30);3,5,7-8,10-11,13-16,18H,4,6,9,12,17H2,1-2H3,(H,29,30);4-10,15-16,18,23H,11-14,17H2,1-3H3;4-10,14-16,18H,11-13,17H2,1-3H3/b25-17+;;;. The Morgan fingerprint density at radius 2 is 0.817 bits per heavy atom. The van der Waals surface area contributed by atoms with Crippen molar-refractivity contribution >= 4 is 34.7 Å². The first-order valence-electron chi connectivity index (χ1n) is 42.4. The second-order valence-corrected chi connectivity index (χ2v) is 32.3. The minimum atomic E-state index is -0.883. The number of carboxylic acid groups (broad SMARTS) is 2. The highest BCUT2D eigenvalue weighted by molar-refractivity contribution is 5.89. The van der Waals surface area contributed by atoms with E-state index in [2.05, 4.69) is 216 Å². The van der Waals surface area contributed by atoms with Crippen molar-refractivity contribution in [3.63, 3.8) is 0 Å². The molecule has 4 aliphatic rings. The Kier molecular flexibility index (Phi) is 29.4. The van der Waals surface area contributed by atoms with Crippen LogP contribution in [-0.2, 0) is 96.3 Å². The lowest BCUT2D eigenvalue weighted by molar-refractivity contribution is 0.0686. The van der Waals surface area contributed by atoms with E-state index in [0.717, 1.165) is 148 Å². The molecule has 16 rings (SSSR count). The van der Waals surface area contributed by atoms with Crippen LogP contribution >= 0.6 is 0 Å². The molecule has 0 aliphatic heterocycles. The quantitative estimate of drug-likeness (QED) is 0.0513. The van der Waals surface area contributed by atoms with E-state index in [1.807, 2.05) is 48.5 Å². The average molecular weight is 1600 g/mol. The van der Waals surface area contributed by atoms with Crippen LogP contribution in [-0.4, -0.2) is 64.8 Å². The lowest BCUT2D eigenvalue weighted by Crippen LogP contribution is -2.07. The molecule has 0 spiro atoms. The van der Waals surface area contributed by atoms with Crippen LogP contribution < -0.4 is 28.4 Å². The number of hydrogen-bond donors (Lipinski definition) is 2. The summed E-state index contributed by atoms with van der Waals surface area (Å²) in [5.41, 5.74) is 37.2. The number of carbonyl (C=O) groups is 2. The number of aryl methyl sites for hydroxylation is 15. The van der Waals surface area contributed by atoms with Crippen LogP contribution in [0, 0.1) is 27.7 Å². The van der Waals surface area contributed by atoms with Crippen LogP contribution in [0.4, 0.5) is 0 Å². The van der Waals surface area contributed by atoms with E-state index in [-0.39, 0.29) is 0 Å². The van der Waals surface area contributed by atoms with E-state index in [1.54, 1.807) is 72.5 Å². The number of carboxylic acids is 2. The van der Waals surface area contributed by atoms with Gasteiger partial charge in [0.25, 0.3) is 0 Å². The Morgan fingerprint density at radius 3 is 1.36 bits per heavy atom. The van der Waals surface area contributed by atoms with E-state index >= 15 is 0 Å². The van der Waals surface area contributed by atoms with Crippen molar-refractivity contribution in [3.8, 4) is 34.5 Å². The first kappa shape index (κ1) is 85.5. The number of hydrogen-bond acceptors (Lipinski definition) is 8. The molecule has 0 saturated carbocycles. The summed E-state index contributed by atoms with van der Waals surface area (Å²) in [6, 6.07) is 84.2. The molecule has 2 N–H and O–H groups in total. The largest absolute Gasteiger partial charge is 0.497 e. The van der Waals surface area contributed by atoms with Crippen molar-refractivity contribution in [2.45, 2.75) is 156 Å². The van der Waals surface area contributed by atoms with Gasteiger partial charge >= 0.3 is 11.9 Å². The van der Waals surface area contributed by atoms with Gasteiger partial charge in [-0.05, 0) is 368 Å². The normalized spacial score (nSPS) is 13.7. The number of rotatable bonds is 27. The SMILES string of the molecule is COc1cc(C)cc(/C=C2\CCCc3cccc(CCc4ccc(C(=O)O)cc4)c32)c1.COc1cc(C)cc(CC2=CCCc3cccc(CCc4ccc(C(=O)O)cc4)c32)c1.COc1ccc(OC)c(CC2=CCc3cccc(CCc4ccc(C)cc4)c32)c1.COc1ccc(OC)c(CC2CCc3cccc(CCc4ccc(C)cc4)c32)c1. The lowest BCUT2D eigenvalue weighted by atomic mass is 9.82. The number of aromatic carboxylic acids is 2. The highest BCUT2D eigenvalue weighted by Gasteiger charge is 2.28. The molecule has 0 bridgehead atoms. The van der Waals surface area contributed by atoms with Gasteiger partial charge in [0, 0.05) is 12.0 Å². The summed E-state index contributed by atoms with van der Waals surface area (Å²) in [5.74, 6) is 4.20. The molecular weight excluding hydrogens is 1480 g/mol. The molecule has 0 fully saturated rings. The average Bonchev–Trinajstić information content (AvgIpc) is 1.53. The zero-order valence-corrected chi connectivity index (χ0v) is 71.5. The van der Waals surface area contributed by atoms with Gasteiger partial charge in [-0.15, -0.1) is 0 Å². The van der Waals surface area contributed by atoms with Gasteiger partial charge in [-0.2, -0.15) is 0 Å². The molecule has 1 atom stereocenters. The van der Waals surface area contributed by atoms with E-state index in [4.69, 9.17) is 38.6 Å². The number of benzene rings is 12. The third-order valence-corrected chi connectivity index (χ3v) is 24.0. The van der Waals surface area contributed by atoms with Crippen LogP contribution in [0.1, 0.15) is 186 Å². The van der Waals surface area contributed by atoms with Gasteiger partial charge < -0.3 is 38.6 Å². The van der Waals surface area contributed by atoms with Crippen molar-refractivity contribution in [2.24, 2.45) is 0 Å². The van der Waals surface area contributed by atoms with Crippen molar-refractivity contribution < 1.29 is 48.2 Å². The molecule has 1 unspecified atom stereocenters. The van der Waals surface area contributed by atoms with Gasteiger partial charge in [-0.3, -0.25) is 0 Å². The molecule has 0 saturated heterocycles. The van der Waals surface area contributed by atoms with Crippen LogP contribution in [0.3, 0.4) is 0 Å².